The second kappa shape index (κ2) is 6.85. The zero-order valence-corrected chi connectivity index (χ0v) is 12.1. The van der Waals surface area contributed by atoms with Crippen LogP contribution in [-0.2, 0) is 33.2 Å². The number of unbranched alkanes of at least 4 members (excludes halogenated alkanes) is 1. The summed E-state index contributed by atoms with van der Waals surface area (Å²) in [5.41, 5.74) is 2.64. The van der Waals surface area contributed by atoms with Crippen molar-refractivity contribution in [1.82, 2.24) is 0 Å². The molecule has 0 bridgehead atoms. The lowest BCUT2D eigenvalue weighted by atomic mass is 10.1. The van der Waals surface area contributed by atoms with Crippen LogP contribution >= 0.6 is 0 Å². The predicted octanol–water partition coefficient (Wildman–Crippen LogP) is 2.63. The third kappa shape index (κ3) is 3.90. The highest BCUT2D eigenvalue weighted by Crippen LogP contribution is 2.24. The van der Waals surface area contributed by atoms with E-state index in [9.17, 15) is 9.00 Å². The maximum Gasteiger partial charge on any atom is 0.318 e. The van der Waals surface area contributed by atoms with Gasteiger partial charge in [0.1, 0.15) is 5.75 Å². The summed E-state index contributed by atoms with van der Waals surface area (Å²) in [5.74, 6) is -0.407. The first-order valence-corrected chi connectivity index (χ1v) is 8.18. The van der Waals surface area contributed by atoms with E-state index in [2.05, 4.69) is 0 Å². The van der Waals surface area contributed by atoms with Crippen LogP contribution in [0.5, 0.6) is 0 Å². The smallest absolute Gasteiger partial charge is 0.318 e. The molecule has 0 heterocycles. The minimum atomic E-state index is -1.29. The molecule has 0 aromatic heterocycles. The molecule has 0 saturated heterocycles. The Morgan fingerprint density at radius 1 is 1.32 bits per heavy atom. The number of fused-ring (bicyclic) bond motifs is 1. The van der Waals surface area contributed by atoms with Crippen LogP contribution in [-0.4, -0.2) is 22.5 Å². The van der Waals surface area contributed by atoms with Gasteiger partial charge in [-0.2, -0.15) is 0 Å². The topological polar surface area (TPSA) is 43.4 Å². The molecule has 0 spiro atoms. The Labute approximate surface area is 116 Å². The van der Waals surface area contributed by atoms with Crippen molar-refractivity contribution < 1.29 is 13.7 Å². The summed E-state index contributed by atoms with van der Waals surface area (Å²) in [6.45, 7) is 2.47. The van der Waals surface area contributed by atoms with Crippen molar-refractivity contribution >= 4 is 16.8 Å². The molecule has 3 nitrogen and oxygen atoms in total. The lowest BCUT2D eigenvalue weighted by Gasteiger charge is -2.06. The number of aryl methyl sites for hydroxylation is 2. The quantitative estimate of drug-likeness (QED) is 0.594. The Balaban J connectivity index is 1.91. The van der Waals surface area contributed by atoms with Crippen molar-refractivity contribution in [3.8, 4) is 0 Å². The van der Waals surface area contributed by atoms with Gasteiger partial charge in [0, 0.05) is 4.90 Å². The molecule has 0 aliphatic heterocycles. The first-order valence-electron chi connectivity index (χ1n) is 6.86. The molecule has 19 heavy (non-hydrogen) atoms. The van der Waals surface area contributed by atoms with E-state index in [1.165, 1.54) is 17.5 Å². The SMILES string of the molecule is CCCCOC(=O)CS(=O)c1ccc2c(c1)CCC2. The second-order valence-electron chi connectivity index (χ2n) is 4.85. The molecule has 1 unspecified atom stereocenters. The Hall–Kier alpha value is -1.16. The molecule has 0 amide bonds. The molecular weight excluding hydrogens is 260 g/mol. The predicted molar refractivity (Wildman–Crippen MR) is 75.6 cm³/mol. The number of esters is 1. The lowest BCUT2D eigenvalue weighted by Crippen LogP contribution is -2.15. The number of carbonyl (C=O) groups is 1. The molecular formula is C15H20O3S. The van der Waals surface area contributed by atoms with E-state index in [4.69, 9.17) is 4.74 Å². The van der Waals surface area contributed by atoms with Crippen LogP contribution in [0.4, 0.5) is 0 Å². The van der Waals surface area contributed by atoms with Crippen molar-refractivity contribution in [1.29, 1.82) is 0 Å². The molecule has 1 aromatic carbocycles. The largest absolute Gasteiger partial charge is 0.465 e. The van der Waals surface area contributed by atoms with Crippen molar-refractivity contribution in [2.45, 2.75) is 43.9 Å². The number of hydrogen-bond acceptors (Lipinski definition) is 3. The van der Waals surface area contributed by atoms with Crippen LogP contribution < -0.4 is 0 Å². The molecule has 2 rings (SSSR count). The molecule has 0 fully saturated rings. The molecule has 104 valence electrons. The van der Waals surface area contributed by atoms with E-state index < -0.39 is 10.8 Å². The van der Waals surface area contributed by atoms with Crippen molar-refractivity contribution in [3.63, 3.8) is 0 Å². The number of hydrogen-bond donors (Lipinski definition) is 0. The van der Waals surface area contributed by atoms with E-state index in [1.54, 1.807) is 0 Å². The van der Waals surface area contributed by atoms with E-state index in [0.717, 1.165) is 30.6 Å². The van der Waals surface area contributed by atoms with Gasteiger partial charge in [-0.1, -0.05) is 19.4 Å². The van der Waals surface area contributed by atoms with Crippen molar-refractivity contribution in [2.75, 3.05) is 12.4 Å². The Bertz CT molecular complexity index is 482. The summed E-state index contributed by atoms with van der Waals surface area (Å²) in [6, 6.07) is 5.90. The number of ether oxygens (including phenoxy) is 1. The number of benzene rings is 1. The standard InChI is InChI=1S/C15H20O3S/c1-2-3-9-18-15(16)11-19(17)14-8-7-12-5-4-6-13(12)10-14/h7-8,10H,2-6,9,11H2,1H3. The van der Waals surface area contributed by atoms with Gasteiger partial charge in [0.15, 0.2) is 0 Å². The van der Waals surface area contributed by atoms with Crippen molar-refractivity contribution in [3.05, 3.63) is 29.3 Å². The summed E-state index contributed by atoms with van der Waals surface area (Å²) >= 11 is 0. The maximum atomic E-state index is 12.1. The number of carbonyl (C=O) groups excluding carboxylic acids is 1. The van der Waals surface area contributed by atoms with E-state index in [0.29, 0.717) is 6.61 Å². The Morgan fingerprint density at radius 2 is 2.11 bits per heavy atom. The van der Waals surface area contributed by atoms with Crippen LogP contribution in [0.3, 0.4) is 0 Å². The van der Waals surface area contributed by atoms with Gasteiger partial charge in [0.25, 0.3) is 0 Å². The molecule has 0 radical (unpaired) electrons. The fraction of sp³-hybridized carbons (Fsp3) is 0.533. The van der Waals surface area contributed by atoms with Gasteiger partial charge in [-0.25, -0.2) is 0 Å². The highest BCUT2D eigenvalue weighted by molar-refractivity contribution is 7.85. The normalized spacial score (nSPS) is 15.0. The minimum absolute atomic E-state index is 0.0392. The highest BCUT2D eigenvalue weighted by atomic mass is 32.2. The summed E-state index contributed by atoms with van der Waals surface area (Å²) in [7, 11) is -1.29. The Kier molecular flexibility index (Phi) is 5.14. The lowest BCUT2D eigenvalue weighted by molar-refractivity contribution is -0.140. The summed E-state index contributed by atoms with van der Waals surface area (Å²) < 4.78 is 17.1. The van der Waals surface area contributed by atoms with Crippen LogP contribution in [0, 0.1) is 0 Å². The molecule has 1 aliphatic carbocycles. The van der Waals surface area contributed by atoms with Crippen LogP contribution in [0.15, 0.2) is 23.1 Å². The van der Waals surface area contributed by atoms with E-state index in [-0.39, 0.29) is 11.7 Å². The van der Waals surface area contributed by atoms with Crippen molar-refractivity contribution in [2.24, 2.45) is 0 Å². The minimum Gasteiger partial charge on any atom is -0.465 e. The molecule has 1 atom stereocenters. The molecule has 1 aliphatic rings. The van der Waals surface area contributed by atoms with Gasteiger partial charge in [0.2, 0.25) is 0 Å². The van der Waals surface area contributed by atoms with Gasteiger partial charge >= 0.3 is 5.97 Å². The van der Waals surface area contributed by atoms with E-state index in [1.807, 2.05) is 25.1 Å². The third-order valence-corrected chi connectivity index (χ3v) is 4.62. The fourth-order valence-corrected chi connectivity index (χ4v) is 3.21. The molecule has 4 heteroatoms. The van der Waals surface area contributed by atoms with Gasteiger partial charge in [-0.05, 0) is 48.9 Å². The van der Waals surface area contributed by atoms with Crippen LogP contribution in [0.25, 0.3) is 0 Å². The average Bonchev–Trinajstić information content (AvgIpc) is 2.86. The second-order valence-corrected chi connectivity index (χ2v) is 6.30. The van der Waals surface area contributed by atoms with Gasteiger partial charge < -0.3 is 4.74 Å². The van der Waals surface area contributed by atoms with Gasteiger partial charge in [0.05, 0.1) is 17.4 Å². The monoisotopic (exact) mass is 280 g/mol. The first-order chi connectivity index (χ1) is 9.20. The van der Waals surface area contributed by atoms with E-state index >= 15 is 0 Å². The van der Waals surface area contributed by atoms with Gasteiger partial charge in [-0.15, -0.1) is 0 Å². The Morgan fingerprint density at radius 3 is 2.89 bits per heavy atom. The summed E-state index contributed by atoms with van der Waals surface area (Å²) in [4.78, 5) is 12.3. The summed E-state index contributed by atoms with van der Waals surface area (Å²) in [5, 5.41) is 0. The zero-order chi connectivity index (χ0) is 13.7. The number of rotatable bonds is 6. The first kappa shape index (κ1) is 14.3. The summed E-state index contributed by atoms with van der Waals surface area (Å²) in [6.07, 6.45) is 5.19. The van der Waals surface area contributed by atoms with Crippen LogP contribution in [0.1, 0.15) is 37.3 Å². The third-order valence-electron chi connectivity index (χ3n) is 3.34. The highest BCUT2D eigenvalue weighted by Gasteiger charge is 2.15. The fourth-order valence-electron chi connectivity index (χ4n) is 2.25. The molecule has 1 aromatic rings. The average molecular weight is 280 g/mol. The van der Waals surface area contributed by atoms with Gasteiger partial charge in [-0.3, -0.25) is 9.00 Å². The van der Waals surface area contributed by atoms with Crippen LogP contribution in [0.2, 0.25) is 0 Å². The molecule has 0 N–H and O–H groups in total. The molecule has 0 saturated carbocycles. The zero-order valence-electron chi connectivity index (χ0n) is 11.3. The maximum absolute atomic E-state index is 12.1.